The maximum absolute atomic E-state index is 14.4. The lowest BCUT2D eigenvalue weighted by Gasteiger charge is -2.21. The lowest BCUT2D eigenvalue weighted by molar-refractivity contribution is 0.117. The topological polar surface area (TPSA) is 38.5 Å². The first kappa shape index (κ1) is 16.1. The molecule has 0 atom stereocenters. The van der Waals surface area contributed by atoms with E-state index in [0.717, 1.165) is 0 Å². The molecule has 1 aromatic carbocycles. The van der Waals surface area contributed by atoms with Crippen LogP contribution >= 0.6 is 11.6 Å². The van der Waals surface area contributed by atoms with Crippen LogP contribution in [0.5, 0.6) is 5.88 Å². The Morgan fingerprint density at radius 3 is 2.59 bits per heavy atom. The average Bonchev–Trinajstić information content (AvgIpc) is 2.43. The van der Waals surface area contributed by atoms with Crippen LogP contribution in [0.25, 0.3) is 4.85 Å². The van der Waals surface area contributed by atoms with Crippen molar-refractivity contribution in [2.75, 3.05) is 5.32 Å². The molecule has 0 saturated carbocycles. The van der Waals surface area contributed by atoms with Gasteiger partial charge in [-0.25, -0.2) is 9.83 Å². The van der Waals surface area contributed by atoms with Crippen molar-refractivity contribution in [1.82, 2.24) is 4.98 Å². The third-order valence-corrected chi connectivity index (χ3v) is 2.92. The number of ether oxygens (including phenoxy) is 1. The number of nitrogens with one attached hydrogen (secondary N) is 1. The zero-order chi connectivity index (χ0) is 16.3. The third kappa shape index (κ3) is 3.86. The number of rotatable bonds is 3. The van der Waals surface area contributed by atoms with Gasteiger partial charge >= 0.3 is 0 Å². The van der Waals surface area contributed by atoms with E-state index >= 15 is 0 Å². The molecule has 0 radical (unpaired) electrons. The number of benzene rings is 1. The summed E-state index contributed by atoms with van der Waals surface area (Å²) in [6.07, 6.45) is 1.45. The second kappa shape index (κ2) is 6.20. The average molecular weight is 320 g/mol. The summed E-state index contributed by atoms with van der Waals surface area (Å²) in [5, 5.41) is 3.22. The first-order valence-electron chi connectivity index (χ1n) is 6.58. The van der Waals surface area contributed by atoms with Crippen molar-refractivity contribution in [1.29, 1.82) is 0 Å². The van der Waals surface area contributed by atoms with Gasteiger partial charge in [0.2, 0.25) is 5.82 Å². The monoisotopic (exact) mass is 319 g/mol. The molecule has 6 heteroatoms. The van der Waals surface area contributed by atoms with E-state index in [2.05, 4.69) is 15.1 Å². The normalized spacial score (nSPS) is 10.9. The van der Waals surface area contributed by atoms with Crippen molar-refractivity contribution in [2.45, 2.75) is 26.4 Å². The standard InChI is InChI=1S/C16H15ClFN3O/c1-16(2,3)22-15-14(18)13(7-8-20-15)21-12-6-5-10(19-4)9-11(12)17/h5-9H,1-3H3,(H,20,21). The number of aromatic nitrogens is 1. The van der Waals surface area contributed by atoms with Crippen molar-refractivity contribution in [2.24, 2.45) is 0 Å². The van der Waals surface area contributed by atoms with Gasteiger partial charge in [-0.2, -0.15) is 4.39 Å². The smallest absolute Gasteiger partial charge is 0.253 e. The highest BCUT2D eigenvalue weighted by Crippen LogP contribution is 2.32. The lowest BCUT2D eigenvalue weighted by Crippen LogP contribution is -2.24. The number of hydrogen-bond acceptors (Lipinski definition) is 3. The van der Waals surface area contributed by atoms with Crippen LogP contribution < -0.4 is 10.1 Å². The molecule has 2 aromatic rings. The molecule has 0 aliphatic heterocycles. The molecule has 2 rings (SSSR count). The molecule has 0 unspecified atom stereocenters. The zero-order valence-corrected chi connectivity index (χ0v) is 13.2. The van der Waals surface area contributed by atoms with Crippen molar-refractivity contribution in [3.05, 3.63) is 52.7 Å². The second-order valence-corrected chi connectivity index (χ2v) is 6.00. The Morgan fingerprint density at radius 2 is 2.00 bits per heavy atom. The summed E-state index contributed by atoms with van der Waals surface area (Å²) in [5.41, 5.74) is 0.566. The number of halogens is 2. The van der Waals surface area contributed by atoms with E-state index in [4.69, 9.17) is 22.9 Å². The second-order valence-electron chi connectivity index (χ2n) is 5.59. The number of nitrogens with zero attached hydrogens (tertiary/aromatic N) is 2. The molecule has 0 fully saturated rings. The molecule has 114 valence electrons. The van der Waals surface area contributed by atoms with E-state index in [-0.39, 0.29) is 11.6 Å². The van der Waals surface area contributed by atoms with Gasteiger partial charge in [0.1, 0.15) is 5.60 Å². The van der Waals surface area contributed by atoms with Gasteiger partial charge < -0.3 is 10.1 Å². The predicted molar refractivity (Wildman–Crippen MR) is 85.6 cm³/mol. The van der Waals surface area contributed by atoms with E-state index in [0.29, 0.717) is 16.4 Å². The summed E-state index contributed by atoms with van der Waals surface area (Å²) < 4.78 is 19.9. The summed E-state index contributed by atoms with van der Waals surface area (Å²) in [5.74, 6) is -0.672. The molecule has 0 aliphatic rings. The summed E-state index contributed by atoms with van der Waals surface area (Å²) in [6, 6.07) is 6.24. The number of anilines is 2. The molecule has 1 N–H and O–H groups in total. The Morgan fingerprint density at radius 1 is 1.27 bits per heavy atom. The summed E-state index contributed by atoms with van der Waals surface area (Å²) >= 11 is 6.08. The van der Waals surface area contributed by atoms with Gasteiger partial charge in [0.05, 0.1) is 23.0 Å². The van der Waals surface area contributed by atoms with Crippen molar-refractivity contribution >= 4 is 28.7 Å². The summed E-state index contributed by atoms with van der Waals surface area (Å²) in [6.45, 7) is 12.4. The van der Waals surface area contributed by atoms with Crippen LogP contribution in [0.1, 0.15) is 20.8 Å². The van der Waals surface area contributed by atoms with Crippen LogP contribution in [-0.4, -0.2) is 10.6 Å². The molecule has 1 aromatic heterocycles. The largest absolute Gasteiger partial charge is 0.470 e. The first-order chi connectivity index (χ1) is 10.3. The van der Waals surface area contributed by atoms with Crippen molar-refractivity contribution < 1.29 is 9.13 Å². The zero-order valence-electron chi connectivity index (χ0n) is 12.4. The Hall–Kier alpha value is -2.32. The van der Waals surface area contributed by atoms with Crippen LogP contribution in [0.4, 0.5) is 21.5 Å². The first-order valence-corrected chi connectivity index (χ1v) is 6.95. The predicted octanol–water partition coefficient (Wildman–Crippen LogP) is 5.35. The van der Waals surface area contributed by atoms with Gasteiger partial charge in [-0.15, -0.1) is 0 Å². The minimum absolute atomic E-state index is 0.0774. The van der Waals surface area contributed by atoms with Crippen LogP contribution in [-0.2, 0) is 0 Å². The molecular formula is C16H15ClFN3O. The number of pyridine rings is 1. The Bertz CT molecular complexity index is 735. The highest BCUT2D eigenvalue weighted by Gasteiger charge is 2.18. The third-order valence-electron chi connectivity index (χ3n) is 2.61. The Kier molecular flexibility index (Phi) is 4.53. The van der Waals surface area contributed by atoms with Gasteiger partial charge in [-0.05, 0) is 39.0 Å². The molecule has 0 saturated heterocycles. The van der Waals surface area contributed by atoms with Crippen molar-refractivity contribution in [3.63, 3.8) is 0 Å². The van der Waals surface area contributed by atoms with Gasteiger partial charge in [0.15, 0.2) is 5.69 Å². The van der Waals surface area contributed by atoms with Crippen LogP contribution in [0.2, 0.25) is 5.02 Å². The molecular weight excluding hydrogens is 305 g/mol. The fourth-order valence-electron chi connectivity index (χ4n) is 1.70. The molecule has 0 spiro atoms. The molecule has 1 heterocycles. The molecule has 0 bridgehead atoms. The van der Waals surface area contributed by atoms with E-state index in [1.54, 1.807) is 12.1 Å². The fourth-order valence-corrected chi connectivity index (χ4v) is 1.92. The summed E-state index contributed by atoms with van der Waals surface area (Å²) in [4.78, 5) is 7.19. The highest BCUT2D eigenvalue weighted by atomic mass is 35.5. The van der Waals surface area contributed by atoms with Crippen LogP contribution in [0.15, 0.2) is 30.5 Å². The van der Waals surface area contributed by atoms with Gasteiger partial charge in [0, 0.05) is 6.20 Å². The lowest BCUT2D eigenvalue weighted by atomic mass is 10.2. The molecule has 0 amide bonds. The SMILES string of the molecule is [C-]#[N+]c1ccc(Nc2ccnc(OC(C)(C)C)c2F)c(Cl)c1. The van der Waals surface area contributed by atoms with E-state index in [9.17, 15) is 4.39 Å². The minimum Gasteiger partial charge on any atom is -0.470 e. The fraction of sp³-hybridized carbons (Fsp3) is 0.250. The van der Waals surface area contributed by atoms with Gasteiger partial charge in [-0.3, -0.25) is 0 Å². The van der Waals surface area contributed by atoms with Gasteiger partial charge in [0.25, 0.3) is 5.88 Å². The van der Waals surface area contributed by atoms with E-state index < -0.39 is 11.4 Å². The minimum atomic E-state index is -0.595. The summed E-state index contributed by atoms with van der Waals surface area (Å²) in [7, 11) is 0. The van der Waals surface area contributed by atoms with Gasteiger partial charge in [-0.1, -0.05) is 17.7 Å². The molecule has 4 nitrogen and oxygen atoms in total. The maximum atomic E-state index is 14.4. The van der Waals surface area contributed by atoms with E-state index in [1.807, 2.05) is 20.8 Å². The molecule has 22 heavy (non-hydrogen) atoms. The molecule has 0 aliphatic carbocycles. The maximum Gasteiger partial charge on any atom is 0.253 e. The highest BCUT2D eigenvalue weighted by molar-refractivity contribution is 6.33. The van der Waals surface area contributed by atoms with Crippen molar-refractivity contribution in [3.8, 4) is 5.88 Å². The quantitative estimate of drug-likeness (QED) is 0.775. The Balaban J connectivity index is 2.31. The number of hydrogen-bond donors (Lipinski definition) is 1. The Labute approximate surface area is 133 Å². The van der Waals surface area contributed by atoms with E-state index in [1.165, 1.54) is 18.3 Å². The van der Waals surface area contributed by atoms with Crippen LogP contribution in [0, 0.1) is 12.4 Å². The van der Waals surface area contributed by atoms with Crippen LogP contribution in [0.3, 0.4) is 0 Å².